The number of aliphatic hydroxyl groups is 2. The number of ether oxygens (including phenoxy) is 1. The molecular weight excluding hydrogens is 1130 g/mol. The number of aliphatic hydroxyl groups excluding tert-OH is 2. The molecule has 2 fully saturated rings. The molecule has 14 N–H and O–H groups in total. The third-order valence-electron chi connectivity index (χ3n) is 15.5. The summed E-state index contributed by atoms with van der Waals surface area (Å²) in [6.07, 6.45) is 3.98. The van der Waals surface area contributed by atoms with Gasteiger partial charge in [0, 0.05) is 32.5 Å². The van der Waals surface area contributed by atoms with Crippen LogP contribution in [0.3, 0.4) is 0 Å². The van der Waals surface area contributed by atoms with E-state index >= 15 is 0 Å². The fourth-order valence-electron chi connectivity index (χ4n) is 10.00. The van der Waals surface area contributed by atoms with Crippen LogP contribution in [0.2, 0.25) is 0 Å². The molecule has 12 amide bonds. The van der Waals surface area contributed by atoms with Crippen molar-refractivity contribution in [1.82, 2.24) is 52.3 Å². The van der Waals surface area contributed by atoms with Crippen LogP contribution in [-0.2, 0) is 62.3 Å². The highest BCUT2D eigenvalue weighted by molar-refractivity contribution is 6.20. The minimum atomic E-state index is -2.00. The van der Waals surface area contributed by atoms with Crippen LogP contribution < -0.4 is 54.0 Å². The number of alkyl halides is 1. The standard InChI is InChI=1S/C57H97ClN12O15/c1-12-35(58)23-20-18-16-14-15-17-19-22-32(7)45-48(75)55(82)66-44(31(5)6)52(79)62-36(13-2)50(77)68-46(33(8)71)54(81)65-43(30(3)4)53(80)63-37(25-26-40(59)72)49(76)61-29-42(74)64-47(34(9)85-11)57(84)69(10)39(28-41(60)73)56(83)70-27-21-24-38(70)51(78)67-45/h13,30-35,37-39,43-48,71,75H,12,14-29H2,1-11H3,(H2,59,72)(H2,60,73)(H,61,76)(H,62,79)(H,63,80)(H,64,74)(H,65,81)(H,66,82)(H,67,78)(H,68,77)/b36-13+/t32-,33+,34+,35?,37-,38-,39-,43-,44-,45+,46-,47-,48+/m0/s1. The number of amides is 12. The number of methoxy groups -OCH3 is 1. The zero-order valence-corrected chi connectivity index (χ0v) is 52.1. The van der Waals surface area contributed by atoms with Crippen molar-refractivity contribution >= 4 is 82.5 Å². The molecule has 0 bridgehead atoms. The van der Waals surface area contributed by atoms with E-state index < -0.39 is 187 Å². The van der Waals surface area contributed by atoms with Crippen molar-refractivity contribution in [1.29, 1.82) is 0 Å². The number of fused-ring (bicyclic) bond motifs is 1. The number of likely N-dealkylation sites (N-methyl/N-ethyl adjacent to an activating group) is 1. The Labute approximate surface area is 504 Å². The fourth-order valence-corrected chi connectivity index (χ4v) is 10.2. The van der Waals surface area contributed by atoms with E-state index in [0.29, 0.717) is 12.8 Å². The van der Waals surface area contributed by atoms with E-state index in [1.54, 1.807) is 20.8 Å². The molecule has 0 aromatic rings. The molecule has 1 unspecified atom stereocenters. The van der Waals surface area contributed by atoms with Crippen LogP contribution in [0.1, 0.15) is 159 Å². The molecule has 85 heavy (non-hydrogen) atoms. The molecule has 2 aliphatic heterocycles. The first-order valence-electron chi connectivity index (χ1n) is 29.7. The first-order chi connectivity index (χ1) is 39.9. The molecule has 0 spiro atoms. The highest BCUT2D eigenvalue weighted by Crippen LogP contribution is 2.25. The van der Waals surface area contributed by atoms with E-state index in [2.05, 4.69) is 49.5 Å². The number of unbranched alkanes of at least 4 members (excludes halogenated alkanes) is 6. The first-order valence-corrected chi connectivity index (χ1v) is 30.1. The second kappa shape index (κ2) is 37.2. The van der Waals surface area contributed by atoms with Gasteiger partial charge in [0.15, 0.2) is 6.10 Å². The second-order valence-corrected chi connectivity index (χ2v) is 23.6. The highest BCUT2D eigenvalue weighted by atomic mass is 35.5. The molecule has 0 aromatic heterocycles. The maximum Gasteiger partial charge on any atom is 0.268 e. The predicted octanol–water partition coefficient (Wildman–Crippen LogP) is -0.743. The smallest absolute Gasteiger partial charge is 0.268 e. The monoisotopic (exact) mass is 1220 g/mol. The van der Waals surface area contributed by atoms with Crippen molar-refractivity contribution in [2.24, 2.45) is 29.2 Å². The Kier molecular flexibility index (Phi) is 32.7. The molecule has 0 saturated carbocycles. The topological polar surface area (TPSA) is 409 Å². The number of nitrogens with two attached hydrogens (primary N) is 2. The zero-order chi connectivity index (χ0) is 64.4. The molecule has 2 aliphatic rings. The summed E-state index contributed by atoms with van der Waals surface area (Å²) in [5.41, 5.74) is 10.6. The van der Waals surface area contributed by atoms with Crippen molar-refractivity contribution < 1.29 is 72.5 Å². The summed E-state index contributed by atoms with van der Waals surface area (Å²) >= 11 is 6.28. The number of hydrogen-bond acceptors (Lipinski definition) is 15. The summed E-state index contributed by atoms with van der Waals surface area (Å²) in [6.45, 7) is 13.1. The van der Waals surface area contributed by atoms with Crippen molar-refractivity contribution in [3.05, 3.63) is 11.8 Å². The van der Waals surface area contributed by atoms with Gasteiger partial charge in [-0.2, -0.15) is 0 Å². The Hall–Kier alpha value is -6.45. The van der Waals surface area contributed by atoms with Crippen LogP contribution in [0.15, 0.2) is 11.8 Å². The lowest BCUT2D eigenvalue weighted by Crippen LogP contribution is -2.62. The number of primary amides is 2. The van der Waals surface area contributed by atoms with Crippen molar-refractivity contribution in [3.8, 4) is 0 Å². The molecule has 27 nitrogen and oxygen atoms in total. The van der Waals surface area contributed by atoms with Crippen LogP contribution in [-0.4, -0.2) is 190 Å². The van der Waals surface area contributed by atoms with Crippen LogP contribution in [0.5, 0.6) is 0 Å². The van der Waals surface area contributed by atoms with E-state index in [0.717, 1.165) is 56.3 Å². The van der Waals surface area contributed by atoms with Gasteiger partial charge in [0.25, 0.3) is 11.8 Å². The average Bonchev–Trinajstić information content (AvgIpc) is 3.90. The average molecular weight is 1230 g/mol. The third kappa shape index (κ3) is 24.1. The normalized spacial score (nSPS) is 26.6. The quantitative estimate of drug-likeness (QED) is 0.0361. The summed E-state index contributed by atoms with van der Waals surface area (Å²) in [5.74, 6) is -13.6. The van der Waals surface area contributed by atoms with E-state index in [4.69, 9.17) is 27.8 Å². The summed E-state index contributed by atoms with van der Waals surface area (Å²) in [6, 6.07) is -12.0. The molecule has 0 aromatic carbocycles. The Balaban J connectivity index is 2.76. The Morgan fingerprint density at radius 3 is 1.81 bits per heavy atom. The summed E-state index contributed by atoms with van der Waals surface area (Å²) in [5, 5.41) is 42.8. The minimum absolute atomic E-state index is 0.0280. The molecule has 2 saturated heterocycles. The molecule has 2 rings (SSSR count). The van der Waals surface area contributed by atoms with Crippen molar-refractivity contribution in [2.75, 3.05) is 27.2 Å². The maximum absolute atomic E-state index is 14.7. The lowest BCUT2D eigenvalue weighted by atomic mass is 9.90. The molecule has 482 valence electrons. The van der Waals surface area contributed by atoms with Gasteiger partial charge >= 0.3 is 0 Å². The number of allylic oxidation sites excluding steroid dienone is 1. The molecule has 0 aliphatic carbocycles. The van der Waals surface area contributed by atoms with Crippen LogP contribution in [0.25, 0.3) is 0 Å². The van der Waals surface area contributed by atoms with Gasteiger partial charge < -0.3 is 78.8 Å². The number of nitrogens with zero attached hydrogens (tertiary/aromatic N) is 2. The number of rotatable bonds is 22. The van der Waals surface area contributed by atoms with E-state index in [9.17, 15) is 67.7 Å². The van der Waals surface area contributed by atoms with Gasteiger partial charge in [0.2, 0.25) is 59.1 Å². The summed E-state index contributed by atoms with van der Waals surface area (Å²) in [4.78, 5) is 168. The number of nitrogens with one attached hydrogen (secondary N) is 8. The highest BCUT2D eigenvalue weighted by Gasteiger charge is 2.44. The van der Waals surface area contributed by atoms with Crippen molar-refractivity contribution in [3.63, 3.8) is 0 Å². The minimum Gasteiger partial charge on any atom is -0.391 e. The fraction of sp³-hybridized carbons (Fsp3) is 0.754. The molecule has 2 heterocycles. The Bertz CT molecular complexity index is 2340. The molecular formula is C57H97ClN12O15. The molecule has 0 radical (unpaired) electrons. The van der Waals surface area contributed by atoms with E-state index in [-0.39, 0.29) is 24.8 Å². The van der Waals surface area contributed by atoms with Gasteiger partial charge in [-0.05, 0) is 77.0 Å². The van der Waals surface area contributed by atoms with Gasteiger partial charge in [0.05, 0.1) is 31.2 Å². The van der Waals surface area contributed by atoms with Crippen LogP contribution in [0.4, 0.5) is 0 Å². The van der Waals surface area contributed by atoms with Gasteiger partial charge in [-0.1, -0.05) is 92.6 Å². The zero-order valence-electron chi connectivity index (χ0n) is 51.4. The van der Waals surface area contributed by atoms with Crippen LogP contribution >= 0.6 is 11.6 Å². The predicted molar refractivity (Wildman–Crippen MR) is 315 cm³/mol. The van der Waals surface area contributed by atoms with Gasteiger partial charge in [-0.25, -0.2) is 0 Å². The number of carbonyl (C=O) groups is 12. The Morgan fingerprint density at radius 2 is 1.27 bits per heavy atom. The maximum atomic E-state index is 14.7. The SMILES string of the molecule is C/C=C1/NC(=O)[C@H](C(C)C)NC(=O)[C@H](O)[C@@H]([C@@H](C)CCCCCCCCCC(Cl)CC)NC(=O)[C@@H]2CCCN2C(=O)[C@H](CC(N)=O)N(C)C(=O)[C@H]([C@@H](C)OC)NC(=O)CNC(=O)[C@H](CCC(N)=O)NC(=O)[C@H](C(C)C)NC(=O)[C@H]([C@@H](C)O)NC1=O. The van der Waals surface area contributed by atoms with Crippen LogP contribution in [0, 0.1) is 17.8 Å². The lowest BCUT2D eigenvalue weighted by Gasteiger charge is -2.36. The summed E-state index contributed by atoms with van der Waals surface area (Å²) in [7, 11) is 2.42. The number of carbonyl (C=O) groups excluding carboxylic acids is 12. The van der Waals surface area contributed by atoms with Gasteiger partial charge in [0.1, 0.15) is 48.0 Å². The third-order valence-corrected chi connectivity index (χ3v) is 16.0. The van der Waals surface area contributed by atoms with E-state index in [1.165, 1.54) is 59.8 Å². The second-order valence-electron chi connectivity index (χ2n) is 23.0. The molecule has 28 heteroatoms. The lowest BCUT2D eigenvalue weighted by molar-refractivity contribution is -0.151. The van der Waals surface area contributed by atoms with Crippen molar-refractivity contribution in [2.45, 2.75) is 231 Å². The van der Waals surface area contributed by atoms with Gasteiger partial charge in [-0.3, -0.25) is 57.5 Å². The summed E-state index contributed by atoms with van der Waals surface area (Å²) < 4.78 is 5.43. The first kappa shape index (κ1) is 74.6. The van der Waals surface area contributed by atoms with Gasteiger partial charge in [-0.15, -0.1) is 11.6 Å². The number of hydrogen-bond donors (Lipinski definition) is 12. The number of halogens is 1. The van der Waals surface area contributed by atoms with E-state index in [1.807, 2.05) is 0 Å². The largest absolute Gasteiger partial charge is 0.391 e. The molecule has 13 atom stereocenters. The Morgan fingerprint density at radius 1 is 0.706 bits per heavy atom.